The molecule has 6 nitrogen and oxygen atoms in total. The molecule has 4 rings (SSSR count). The Morgan fingerprint density at radius 1 is 1.00 bits per heavy atom. The molecule has 0 aliphatic heterocycles. The van der Waals surface area contributed by atoms with Gasteiger partial charge in [-0.05, 0) is 36.9 Å². The lowest BCUT2D eigenvalue weighted by Gasteiger charge is -2.25. The normalized spacial score (nSPS) is 12.9. The van der Waals surface area contributed by atoms with Crippen LogP contribution in [-0.4, -0.2) is 26.3 Å². The van der Waals surface area contributed by atoms with Crippen molar-refractivity contribution >= 4 is 37.7 Å². The van der Waals surface area contributed by atoms with E-state index in [9.17, 15) is 13.2 Å². The Bertz CT molecular complexity index is 1370. The Labute approximate surface area is 174 Å². The van der Waals surface area contributed by atoms with E-state index in [0.29, 0.717) is 11.3 Å². The number of carbonyl (C=O) groups is 1. The van der Waals surface area contributed by atoms with Crippen LogP contribution in [0.4, 0.5) is 0 Å². The van der Waals surface area contributed by atoms with Crippen molar-refractivity contribution in [1.82, 2.24) is 4.90 Å². The number of aryl methyl sites for hydroxylation is 1. The lowest BCUT2D eigenvalue weighted by Crippen LogP contribution is -2.29. The first kappa shape index (κ1) is 20.1. The molecule has 1 unspecified atom stereocenters. The molecule has 1 amide bonds. The molecule has 0 radical (unpaired) electrons. The number of hydrogen-bond donors (Lipinski definition) is 1. The minimum Gasteiger partial charge on any atom is -0.450 e. The van der Waals surface area contributed by atoms with Gasteiger partial charge in [0.15, 0.2) is 5.76 Å². The van der Waals surface area contributed by atoms with Crippen molar-refractivity contribution in [2.45, 2.75) is 24.8 Å². The van der Waals surface area contributed by atoms with Crippen molar-refractivity contribution in [3.63, 3.8) is 0 Å². The van der Waals surface area contributed by atoms with Gasteiger partial charge in [-0.2, -0.15) is 0 Å². The monoisotopic (exact) mass is 422 g/mol. The van der Waals surface area contributed by atoms with Crippen LogP contribution < -0.4 is 5.14 Å². The second-order valence-corrected chi connectivity index (χ2v) is 8.99. The molecule has 30 heavy (non-hydrogen) atoms. The number of amides is 1. The fourth-order valence-corrected chi connectivity index (χ4v) is 4.16. The number of benzene rings is 3. The summed E-state index contributed by atoms with van der Waals surface area (Å²) in [6.45, 7) is 3.75. The van der Waals surface area contributed by atoms with Crippen LogP contribution in [0.25, 0.3) is 21.7 Å². The fourth-order valence-electron chi connectivity index (χ4n) is 3.65. The quantitative estimate of drug-likeness (QED) is 0.528. The topological polar surface area (TPSA) is 93.6 Å². The molecule has 0 bridgehead atoms. The van der Waals surface area contributed by atoms with Crippen LogP contribution in [-0.2, 0) is 10.0 Å². The Balaban J connectivity index is 1.69. The van der Waals surface area contributed by atoms with E-state index >= 15 is 0 Å². The first-order chi connectivity index (χ1) is 14.2. The Hall–Kier alpha value is -3.16. The lowest BCUT2D eigenvalue weighted by molar-refractivity contribution is 0.0712. The maximum atomic E-state index is 13.2. The van der Waals surface area contributed by atoms with Crippen molar-refractivity contribution in [3.05, 3.63) is 77.6 Å². The summed E-state index contributed by atoms with van der Waals surface area (Å²) < 4.78 is 29.0. The lowest BCUT2D eigenvalue weighted by atomic mass is 10.0. The van der Waals surface area contributed by atoms with Crippen LogP contribution in [0.1, 0.15) is 34.6 Å². The molecule has 0 saturated carbocycles. The zero-order valence-corrected chi connectivity index (χ0v) is 17.7. The third kappa shape index (κ3) is 3.36. The molecule has 0 aliphatic rings. The summed E-state index contributed by atoms with van der Waals surface area (Å²) in [6.07, 6.45) is 0. The van der Waals surface area contributed by atoms with E-state index in [1.54, 1.807) is 24.1 Å². The second kappa shape index (κ2) is 7.27. The van der Waals surface area contributed by atoms with Crippen LogP contribution in [0.15, 0.2) is 70.0 Å². The highest BCUT2D eigenvalue weighted by atomic mass is 32.2. The van der Waals surface area contributed by atoms with E-state index in [-0.39, 0.29) is 16.8 Å². The van der Waals surface area contributed by atoms with E-state index in [1.165, 1.54) is 12.1 Å². The zero-order valence-electron chi connectivity index (χ0n) is 16.9. The van der Waals surface area contributed by atoms with Gasteiger partial charge in [0.1, 0.15) is 5.58 Å². The van der Waals surface area contributed by atoms with E-state index in [2.05, 4.69) is 0 Å². The predicted molar refractivity (Wildman–Crippen MR) is 117 cm³/mol. The molecule has 3 aromatic carbocycles. The molecule has 0 aliphatic carbocycles. The smallest absolute Gasteiger partial charge is 0.290 e. The first-order valence-corrected chi connectivity index (χ1v) is 11.0. The molecular weight excluding hydrogens is 400 g/mol. The van der Waals surface area contributed by atoms with Crippen molar-refractivity contribution in [2.24, 2.45) is 5.14 Å². The minimum absolute atomic E-state index is 0.0347. The van der Waals surface area contributed by atoms with Gasteiger partial charge in [0.25, 0.3) is 5.91 Å². The predicted octanol–water partition coefficient (Wildman–Crippen LogP) is 4.38. The first-order valence-electron chi connectivity index (χ1n) is 9.49. The number of nitrogens with two attached hydrogens (primary N) is 1. The van der Waals surface area contributed by atoms with Crippen LogP contribution in [0.5, 0.6) is 0 Å². The summed E-state index contributed by atoms with van der Waals surface area (Å²) in [7, 11) is -2.06. The number of nitrogens with zero attached hydrogens (tertiary/aromatic N) is 1. The molecule has 1 aromatic heterocycles. The van der Waals surface area contributed by atoms with E-state index in [4.69, 9.17) is 9.56 Å². The zero-order chi connectivity index (χ0) is 21.6. The third-order valence-corrected chi connectivity index (χ3v) is 6.54. The second-order valence-electron chi connectivity index (χ2n) is 7.43. The number of sulfonamides is 1. The van der Waals surface area contributed by atoms with Crippen LogP contribution in [0.2, 0.25) is 0 Å². The van der Waals surface area contributed by atoms with Gasteiger partial charge in [-0.3, -0.25) is 4.79 Å². The summed E-state index contributed by atoms with van der Waals surface area (Å²) in [4.78, 5) is 14.8. The number of hydrogen-bond acceptors (Lipinski definition) is 4. The number of furan rings is 1. The summed E-state index contributed by atoms with van der Waals surface area (Å²) in [5.74, 6) is 0.0627. The molecular formula is C23H22N2O4S. The van der Waals surface area contributed by atoms with Crippen LogP contribution in [0, 0.1) is 6.92 Å². The number of fused-ring (bicyclic) bond motifs is 3. The molecule has 1 heterocycles. The Morgan fingerprint density at radius 2 is 1.67 bits per heavy atom. The summed E-state index contributed by atoms with van der Waals surface area (Å²) >= 11 is 0. The standard InChI is InChI=1S/C23H22N2O4S/c1-14-19-13-10-17-6-4-5-7-20(17)22(19)29-21(14)23(26)25(3)15(2)16-8-11-18(12-9-16)30(24,27)28/h4-13,15H,1-3H3,(H2,24,27,28). The average Bonchev–Trinajstić information content (AvgIpc) is 3.08. The van der Waals surface area contributed by atoms with Crippen molar-refractivity contribution in [3.8, 4) is 0 Å². The number of rotatable bonds is 4. The van der Waals surface area contributed by atoms with E-state index in [1.807, 2.05) is 50.2 Å². The van der Waals surface area contributed by atoms with Gasteiger partial charge in [-0.1, -0.05) is 48.5 Å². The molecule has 1 atom stereocenters. The molecule has 154 valence electrons. The summed E-state index contributed by atoms with van der Waals surface area (Å²) in [5, 5.41) is 8.08. The highest BCUT2D eigenvalue weighted by Crippen LogP contribution is 2.33. The van der Waals surface area contributed by atoms with Crippen molar-refractivity contribution in [1.29, 1.82) is 0 Å². The highest BCUT2D eigenvalue weighted by molar-refractivity contribution is 7.89. The largest absolute Gasteiger partial charge is 0.450 e. The van der Waals surface area contributed by atoms with Gasteiger partial charge in [0, 0.05) is 23.4 Å². The molecule has 7 heteroatoms. The van der Waals surface area contributed by atoms with E-state index < -0.39 is 10.0 Å². The van der Waals surface area contributed by atoms with Crippen molar-refractivity contribution < 1.29 is 17.6 Å². The van der Waals surface area contributed by atoms with Gasteiger partial charge >= 0.3 is 0 Å². The Kier molecular flexibility index (Phi) is 4.88. The molecule has 0 saturated heterocycles. The highest BCUT2D eigenvalue weighted by Gasteiger charge is 2.25. The number of primary sulfonamides is 1. The molecule has 0 fully saturated rings. The van der Waals surface area contributed by atoms with Crippen LogP contribution in [0.3, 0.4) is 0 Å². The SMILES string of the molecule is Cc1c(C(=O)N(C)C(C)c2ccc(S(N)(=O)=O)cc2)oc2c1ccc1ccccc12. The Morgan fingerprint density at radius 3 is 2.33 bits per heavy atom. The van der Waals surface area contributed by atoms with Gasteiger partial charge in [-0.15, -0.1) is 0 Å². The average molecular weight is 423 g/mol. The van der Waals surface area contributed by atoms with E-state index in [0.717, 1.165) is 27.3 Å². The summed E-state index contributed by atoms with van der Waals surface area (Å²) in [5.41, 5.74) is 2.29. The maximum absolute atomic E-state index is 13.2. The van der Waals surface area contributed by atoms with Crippen molar-refractivity contribution in [2.75, 3.05) is 7.05 Å². The fraction of sp³-hybridized carbons (Fsp3) is 0.174. The summed E-state index contributed by atoms with van der Waals surface area (Å²) in [6, 6.07) is 17.8. The maximum Gasteiger partial charge on any atom is 0.290 e. The molecule has 2 N–H and O–H groups in total. The van der Waals surface area contributed by atoms with Gasteiger partial charge in [0.05, 0.1) is 10.9 Å². The van der Waals surface area contributed by atoms with Gasteiger partial charge < -0.3 is 9.32 Å². The third-order valence-electron chi connectivity index (χ3n) is 5.61. The van der Waals surface area contributed by atoms with Gasteiger partial charge in [0.2, 0.25) is 10.0 Å². The van der Waals surface area contributed by atoms with Crippen LogP contribution >= 0.6 is 0 Å². The molecule has 0 spiro atoms. The number of carbonyl (C=O) groups excluding carboxylic acids is 1. The molecule has 4 aromatic rings. The minimum atomic E-state index is -3.76. The van der Waals surface area contributed by atoms with Gasteiger partial charge in [-0.25, -0.2) is 13.6 Å².